The third-order valence-electron chi connectivity index (χ3n) is 2.33. The molecule has 1 atom stereocenters. The van der Waals surface area contributed by atoms with E-state index in [1.54, 1.807) is 12.1 Å². The van der Waals surface area contributed by atoms with Crippen LogP contribution in [0, 0.1) is 0 Å². The Morgan fingerprint density at radius 1 is 1.38 bits per heavy atom. The van der Waals surface area contributed by atoms with Crippen molar-refractivity contribution in [2.75, 3.05) is 18.6 Å². The molecule has 0 aromatic heterocycles. The second kappa shape index (κ2) is 5.32. The van der Waals surface area contributed by atoms with Crippen molar-refractivity contribution in [3.8, 4) is 5.75 Å². The molecule has 0 aliphatic carbocycles. The summed E-state index contributed by atoms with van der Waals surface area (Å²) in [7, 11) is -2.94. The minimum atomic E-state index is -2.94. The quantitative estimate of drug-likeness (QED) is 0.812. The van der Waals surface area contributed by atoms with Gasteiger partial charge < -0.3 is 10.4 Å². The van der Waals surface area contributed by atoms with Gasteiger partial charge in [0, 0.05) is 24.4 Å². The van der Waals surface area contributed by atoms with Crippen molar-refractivity contribution in [2.24, 2.45) is 0 Å². The van der Waals surface area contributed by atoms with Crippen molar-refractivity contribution in [1.82, 2.24) is 5.32 Å². The topological polar surface area (TPSA) is 66.4 Å². The molecule has 0 aliphatic rings. The summed E-state index contributed by atoms with van der Waals surface area (Å²) in [5.41, 5.74) is 0.774. The van der Waals surface area contributed by atoms with Crippen molar-refractivity contribution in [3.05, 3.63) is 29.8 Å². The number of hydrogen-bond acceptors (Lipinski definition) is 4. The predicted octanol–water partition coefficient (Wildman–Crippen LogP) is 1.09. The first kappa shape index (κ1) is 13.0. The number of benzene rings is 1. The van der Waals surface area contributed by atoms with Crippen LogP contribution in [0.5, 0.6) is 5.75 Å². The van der Waals surface area contributed by atoms with Crippen LogP contribution in [0.25, 0.3) is 0 Å². The fourth-order valence-electron chi connectivity index (χ4n) is 1.42. The van der Waals surface area contributed by atoms with Gasteiger partial charge in [-0.1, -0.05) is 18.2 Å². The Morgan fingerprint density at radius 2 is 2.00 bits per heavy atom. The summed E-state index contributed by atoms with van der Waals surface area (Å²) in [6.07, 6.45) is 1.21. The smallest absolute Gasteiger partial charge is 0.148 e. The molecule has 90 valence electrons. The molecule has 5 heteroatoms. The SMILES string of the molecule is CC(NCCS(C)(=O)=O)c1ccccc1O. The number of phenolic OH excluding ortho intramolecular Hbond substituents is 1. The Labute approximate surface area is 96.2 Å². The zero-order valence-electron chi connectivity index (χ0n) is 9.47. The lowest BCUT2D eigenvalue weighted by Crippen LogP contribution is -2.25. The van der Waals surface area contributed by atoms with Gasteiger partial charge in [-0.2, -0.15) is 0 Å². The first-order valence-electron chi connectivity index (χ1n) is 5.09. The van der Waals surface area contributed by atoms with E-state index < -0.39 is 9.84 Å². The lowest BCUT2D eigenvalue weighted by Gasteiger charge is -2.14. The summed E-state index contributed by atoms with van der Waals surface area (Å²) in [5.74, 6) is 0.326. The van der Waals surface area contributed by atoms with Crippen LogP contribution in [0.3, 0.4) is 0 Å². The summed E-state index contributed by atoms with van der Waals surface area (Å²) >= 11 is 0. The molecule has 0 amide bonds. The Hall–Kier alpha value is -1.07. The van der Waals surface area contributed by atoms with E-state index in [9.17, 15) is 13.5 Å². The molecule has 1 aromatic carbocycles. The number of aromatic hydroxyl groups is 1. The predicted molar refractivity (Wildman–Crippen MR) is 64.2 cm³/mol. The molecule has 1 unspecified atom stereocenters. The molecule has 0 radical (unpaired) electrons. The average molecular weight is 243 g/mol. The molecule has 0 saturated heterocycles. The average Bonchev–Trinajstić information content (AvgIpc) is 2.16. The largest absolute Gasteiger partial charge is 0.508 e. The van der Waals surface area contributed by atoms with E-state index in [1.165, 1.54) is 6.26 Å². The van der Waals surface area contributed by atoms with E-state index in [2.05, 4.69) is 5.32 Å². The minimum Gasteiger partial charge on any atom is -0.508 e. The van der Waals surface area contributed by atoms with Crippen LogP contribution in [0.1, 0.15) is 18.5 Å². The first-order valence-corrected chi connectivity index (χ1v) is 7.15. The molecule has 0 fully saturated rings. The number of hydrogen-bond donors (Lipinski definition) is 2. The maximum Gasteiger partial charge on any atom is 0.148 e. The number of phenols is 1. The van der Waals surface area contributed by atoms with Gasteiger partial charge in [0.15, 0.2) is 0 Å². The van der Waals surface area contributed by atoms with Crippen LogP contribution in [0.2, 0.25) is 0 Å². The summed E-state index contributed by atoms with van der Waals surface area (Å²) < 4.78 is 21.9. The highest BCUT2D eigenvalue weighted by Crippen LogP contribution is 2.22. The molecular formula is C11H17NO3S. The summed E-state index contributed by atoms with van der Waals surface area (Å²) in [6.45, 7) is 2.27. The van der Waals surface area contributed by atoms with E-state index in [0.717, 1.165) is 5.56 Å². The van der Waals surface area contributed by atoms with Crippen LogP contribution in [-0.4, -0.2) is 32.1 Å². The zero-order chi connectivity index (χ0) is 12.2. The van der Waals surface area contributed by atoms with E-state index in [0.29, 0.717) is 6.54 Å². The first-order chi connectivity index (χ1) is 7.40. The zero-order valence-corrected chi connectivity index (χ0v) is 10.3. The second-order valence-corrected chi connectivity index (χ2v) is 6.12. The third-order valence-corrected chi connectivity index (χ3v) is 3.27. The Morgan fingerprint density at radius 3 is 2.56 bits per heavy atom. The lowest BCUT2D eigenvalue weighted by molar-refractivity contribution is 0.454. The van der Waals surface area contributed by atoms with Crippen molar-refractivity contribution in [1.29, 1.82) is 0 Å². The fourth-order valence-corrected chi connectivity index (χ4v) is 1.91. The van der Waals surface area contributed by atoms with Gasteiger partial charge in [-0.15, -0.1) is 0 Å². The minimum absolute atomic E-state index is 0.0667. The molecule has 0 spiro atoms. The van der Waals surface area contributed by atoms with Gasteiger partial charge in [0.1, 0.15) is 15.6 Å². The Bertz CT molecular complexity index is 442. The molecule has 1 aromatic rings. The lowest BCUT2D eigenvalue weighted by atomic mass is 10.1. The van der Waals surface area contributed by atoms with Gasteiger partial charge in [-0.05, 0) is 13.0 Å². The molecular weight excluding hydrogens is 226 g/mol. The fraction of sp³-hybridized carbons (Fsp3) is 0.455. The summed E-state index contributed by atoms with van der Waals surface area (Å²) in [5, 5.41) is 12.6. The monoisotopic (exact) mass is 243 g/mol. The highest BCUT2D eigenvalue weighted by molar-refractivity contribution is 7.90. The number of nitrogens with one attached hydrogen (secondary N) is 1. The highest BCUT2D eigenvalue weighted by atomic mass is 32.2. The van der Waals surface area contributed by atoms with Crippen LogP contribution in [0.4, 0.5) is 0 Å². The van der Waals surface area contributed by atoms with Crippen molar-refractivity contribution < 1.29 is 13.5 Å². The Balaban J connectivity index is 2.54. The van der Waals surface area contributed by atoms with Crippen molar-refractivity contribution in [2.45, 2.75) is 13.0 Å². The maximum atomic E-state index is 10.9. The van der Waals surface area contributed by atoms with Crippen LogP contribution < -0.4 is 5.32 Å². The third kappa shape index (κ3) is 4.20. The van der Waals surface area contributed by atoms with Gasteiger partial charge >= 0.3 is 0 Å². The molecule has 0 aliphatic heterocycles. The molecule has 2 N–H and O–H groups in total. The van der Waals surface area contributed by atoms with Gasteiger partial charge in [-0.3, -0.25) is 0 Å². The van der Waals surface area contributed by atoms with Crippen LogP contribution >= 0.6 is 0 Å². The molecule has 1 rings (SSSR count). The Kier molecular flexibility index (Phi) is 4.32. The number of para-hydroxylation sites is 1. The van der Waals surface area contributed by atoms with Crippen LogP contribution in [-0.2, 0) is 9.84 Å². The summed E-state index contributed by atoms with van der Waals surface area (Å²) in [4.78, 5) is 0. The van der Waals surface area contributed by atoms with Crippen molar-refractivity contribution in [3.63, 3.8) is 0 Å². The normalized spacial score (nSPS) is 13.6. The van der Waals surface area contributed by atoms with Gasteiger partial charge in [0.05, 0.1) is 5.75 Å². The van der Waals surface area contributed by atoms with E-state index >= 15 is 0 Å². The second-order valence-electron chi connectivity index (χ2n) is 3.86. The maximum absolute atomic E-state index is 10.9. The van der Waals surface area contributed by atoms with Gasteiger partial charge in [0.25, 0.3) is 0 Å². The molecule has 16 heavy (non-hydrogen) atoms. The molecule has 4 nitrogen and oxygen atoms in total. The van der Waals surface area contributed by atoms with E-state index in [-0.39, 0.29) is 17.5 Å². The molecule has 0 saturated carbocycles. The standard InChI is InChI=1S/C11H17NO3S/c1-9(12-7-8-16(2,14)15)10-5-3-4-6-11(10)13/h3-6,9,12-13H,7-8H2,1-2H3. The number of rotatable bonds is 5. The number of sulfone groups is 1. The molecule has 0 heterocycles. The van der Waals surface area contributed by atoms with Crippen LogP contribution in [0.15, 0.2) is 24.3 Å². The van der Waals surface area contributed by atoms with Gasteiger partial charge in [0.2, 0.25) is 0 Å². The van der Waals surface area contributed by atoms with E-state index in [4.69, 9.17) is 0 Å². The summed E-state index contributed by atoms with van der Waals surface area (Å²) in [6, 6.07) is 6.95. The molecule has 0 bridgehead atoms. The van der Waals surface area contributed by atoms with Gasteiger partial charge in [-0.25, -0.2) is 8.42 Å². The van der Waals surface area contributed by atoms with E-state index in [1.807, 2.05) is 19.1 Å². The van der Waals surface area contributed by atoms with Crippen molar-refractivity contribution >= 4 is 9.84 Å². The highest BCUT2D eigenvalue weighted by Gasteiger charge is 2.09.